The van der Waals surface area contributed by atoms with Crippen molar-refractivity contribution in [1.82, 2.24) is 0 Å². The van der Waals surface area contributed by atoms with E-state index in [1.807, 2.05) is 0 Å². The molecule has 0 aliphatic rings. The fraction of sp³-hybridized carbons (Fsp3) is 0.417. The summed E-state index contributed by atoms with van der Waals surface area (Å²) in [6.45, 7) is 1.44. The van der Waals surface area contributed by atoms with E-state index >= 15 is 0 Å². The highest BCUT2D eigenvalue weighted by molar-refractivity contribution is 7.86. The van der Waals surface area contributed by atoms with Crippen LogP contribution in [0.25, 0.3) is 10.4 Å². The largest absolute Gasteiger partial charge is 0.494 e. The molecular weight excluding hydrogens is 298 g/mol. The number of Topliss-reactive ketones (excluding diaryl/α,β-unsaturated/α-hetero) is 1. The first-order valence-electron chi connectivity index (χ1n) is 6.08. The lowest BCUT2D eigenvalue weighted by molar-refractivity contribution is -0.118. The molecule has 0 heterocycles. The number of carbonyl (C=O) groups is 1. The van der Waals surface area contributed by atoms with Gasteiger partial charge in [-0.25, -0.2) is 0 Å². The molecule has 0 bridgehead atoms. The average molecular weight is 313 g/mol. The number of ketones is 1. The quantitative estimate of drug-likeness (QED) is 0.227. The Morgan fingerprint density at radius 1 is 1.33 bits per heavy atom. The van der Waals surface area contributed by atoms with Crippen LogP contribution in [0.5, 0.6) is 5.75 Å². The molecule has 0 saturated carbocycles. The first-order valence-corrected chi connectivity index (χ1v) is 7.49. The molecule has 1 aromatic rings. The Hall–Kier alpha value is -2.09. The minimum Gasteiger partial charge on any atom is -0.494 e. The fourth-order valence-electron chi connectivity index (χ4n) is 1.30. The summed E-state index contributed by atoms with van der Waals surface area (Å²) in [6.07, 6.45) is 0.561. The van der Waals surface area contributed by atoms with Crippen molar-refractivity contribution < 1.29 is 22.1 Å². The average Bonchev–Trinajstić information content (AvgIpc) is 2.46. The number of hydrogen-bond donors (Lipinski definition) is 0. The topological polar surface area (TPSA) is 118 Å². The van der Waals surface area contributed by atoms with Crippen LogP contribution in [0.4, 0.5) is 0 Å². The van der Waals surface area contributed by atoms with E-state index in [2.05, 4.69) is 14.2 Å². The Balaban J connectivity index is 2.56. The third-order valence-electron chi connectivity index (χ3n) is 2.26. The van der Waals surface area contributed by atoms with Gasteiger partial charge in [-0.15, -0.1) is 0 Å². The summed E-state index contributed by atoms with van der Waals surface area (Å²) in [6, 6.07) is 5.63. The molecule has 1 aromatic carbocycles. The monoisotopic (exact) mass is 313 g/mol. The molecule has 21 heavy (non-hydrogen) atoms. The number of benzene rings is 1. The number of carbonyl (C=O) groups excluding carboxylic acids is 1. The normalized spacial score (nSPS) is 10.7. The first-order chi connectivity index (χ1) is 9.95. The maximum Gasteiger partial charge on any atom is 0.297 e. The van der Waals surface area contributed by atoms with Gasteiger partial charge in [0.05, 0.1) is 11.5 Å². The molecule has 1 rings (SSSR count). The van der Waals surface area contributed by atoms with Crippen LogP contribution in [0.3, 0.4) is 0 Å². The smallest absolute Gasteiger partial charge is 0.297 e. The third-order valence-corrected chi connectivity index (χ3v) is 3.54. The van der Waals surface area contributed by atoms with E-state index in [1.165, 1.54) is 31.2 Å². The van der Waals surface area contributed by atoms with Crippen molar-refractivity contribution in [3.05, 3.63) is 34.7 Å². The summed E-state index contributed by atoms with van der Waals surface area (Å²) >= 11 is 0. The number of azide groups is 1. The van der Waals surface area contributed by atoms with E-state index in [-0.39, 0.29) is 10.7 Å². The Kier molecular flexibility index (Phi) is 6.67. The van der Waals surface area contributed by atoms with Gasteiger partial charge in [-0.3, -0.25) is 8.98 Å². The van der Waals surface area contributed by atoms with Crippen molar-refractivity contribution in [2.24, 2.45) is 5.11 Å². The first kappa shape index (κ1) is 17.0. The van der Waals surface area contributed by atoms with Gasteiger partial charge in [0, 0.05) is 11.5 Å². The van der Waals surface area contributed by atoms with Gasteiger partial charge in [-0.05, 0) is 43.1 Å². The molecule has 0 N–H and O–H groups in total. The van der Waals surface area contributed by atoms with Gasteiger partial charge >= 0.3 is 0 Å². The molecule has 0 fully saturated rings. The van der Waals surface area contributed by atoms with Crippen molar-refractivity contribution in [3.8, 4) is 5.75 Å². The molecule has 0 aromatic heterocycles. The predicted octanol–water partition coefficient (Wildman–Crippen LogP) is 2.06. The predicted molar refractivity (Wildman–Crippen MR) is 74.4 cm³/mol. The van der Waals surface area contributed by atoms with E-state index < -0.39 is 16.7 Å². The van der Waals surface area contributed by atoms with E-state index in [0.29, 0.717) is 25.3 Å². The van der Waals surface area contributed by atoms with Crippen molar-refractivity contribution in [2.75, 3.05) is 19.8 Å². The van der Waals surface area contributed by atoms with Gasteiger partial charge in [0.2, 0.25) is 0 Å². The molecule has 0 amide bonds. The minimum absolute atomic E-state index is 0.0508. The van der Waals surface area contributed by atoms with Gasteiger partial charge in [0.15, 0.2) is 5.78 Å². The second-order valence-electron chi connectivity index (χ2n) is 4.05. The van der Waals surface area contributed by atoms with Crippen molar-refractivity contribution in [2.45, 2.75) is 18.2 Å². The van der Waals surface area contributed by atoms with Crippen LogP contribution >= 0.6 is 0 Å². The zero-order chi connectivity index (χ0) is 15.7. The molecule has 0 radical (unpaired) electrons. The van der Waals surface area contributed by atoms with Crippen molar-refractivity contribution >= 4 is 15.9 Å². The second kappa shape index (κ2) is 8.25. The summed E-state index contributed by atoms with van der Waals surface area (Å²) in [5.41, 5.74) is 8.10. The number of hydrogen-bond acceptors (Lipinski definition) is 6. The SMILES string of the molecule is CC(=O)COS(=O)(=O)c1ccc(OCCCN=[N+]=[N-])cc1. The molecule has 0 aliphatic heterocycles. The van der Waals surface area contributed by atoms with E-state index in [4.69, 9.17) is 10.3 Å². The standard InChI is InChI=1S/C12H15N3O5S/c1-10(16)9-20-21(17,18)12-5-3-11(4-6-12)19-8-2-7-14-15-13/h3-6H,2,7-9H2,1H3. The van der Waals surface area contributed by atoms with Crippen LogP contribution in [-0.4, -0.2) is 34.0 Å². The van der Waals surface area contributed by atoms with Gasteiger partial charge in [0.25, 0.3) is 10.1 Å². The lowest BCUT2D eigenvalue weighted by Crippen LogP contribution is -2.12. The number of ether oxygens (including phenoxy) is 1. The molecule has 0 saturated heterocycles. The van der Waals surface area contributed by atoms with Crippen LogP contribution in [0.2, 0.25) is 0 Å². The molecule has 0 unspecified atom stereocenters. The Morgan fingerprint density at radius 3 is 2.57 bits per heavy atom. The van der Waals surface area contributed by atoms with Crippen LogP contribution in [-0.2, 0) is 19.1 Å². The molecule has 0 spiro atoms. The molecule has 114 valence electrons. The number of rotatable bonds is 9. The van der Waals surface area contributed by atoms with Gasteiger partial charge in [-0.1, -0.05) is 5.11 Å². The molecule has 8 nitrogen and oxygen atoms in total. The highest BCUT2D eigenvalue weighted by atomic mass is 32.2. The second-order valence-corrected chi connectivity index (χ2v) is 5.66. The molecule has 0 atom stereocenters. The lowest BCUT2D eigenvalue weighted by Gasteiger charge is -2.07. The van der Waals surface area contributed by atoms with E-state index in [9.17, 15) is 13.2 Å². The van der Waals surface area contributed by atoms with Gasteiger partial charge in [0.1, 0.15) is 12.4 Å². The highest BCUT2D eigenvalue weighted by Gasteiger charge is 2.15. The van der Waals surface area contributed by atoms with Crippen LogP contribution in [0.1, 0.15) is 13.3 Å². The maximum absolute atomic E-state index is 11.7. The lowest BCUT2D eigenvalue weighted by atomic mass is 10.3. The van der Waals surface area contributed by atoms with Gasteiger partial charge < -0.3 is 4.74 Å². The minimum atomic E-state index is -3.94. The zero-order valence-corrected chi connectivity index (χ0v) is 12.2. The zero-order valence-electron chi connectivity index (χ0n) is 11.4. The molecular formula is C12H15N3O5S. The summed E-state index contributed by atoms with van der Waals surface area (Å²) < 4.78 is 33.4. The molecule has 0 aliphatic carbocycles. The summed E-state index contributed by atoms with van der Waals surface area (Å²) in [4.78, 5) is 13.3. The summed E-state index contributed by atoms with van der Waals surface area (Å²) in [5.74, 6) is 0.111. The van der Waals surface area contributed by atoms with Gasteiger partial charge in [-0.2, -0.15) is 8.42 Å². The molecule has 9 heteroatoms. The van der Waals surface area contributed by atoms with Crippen LogP contribution in [0.15, 0.2) is 34.3 Å². The Labute approximate surface area is 122 Å². The third kappa shape index (κ3) is 6.26. The highest BCUT2D eigenvalue weighted by Crippen LogP contribution is 2.17. The van der Waals surface area contributed by atoms with E-state index in [0.717, 1.165) is 0 Å². The summed E-state index contributed by atoms with van der Waals surface area (Å²) in [5, 5.41) is 3.36. The van der Waals surface area contributed by atoms with Crippen molar-refractivity contribution in [1.29, 1.82) is 0 Å². The van der Waals surface area contributed by atoms with E-state index in [1.54, 1.807) is 0 Å². The summed E-state index contributed by atoms with van der Waals surface area (Å²) in [7, 11) is -3.94. The number of nitrogens with zero attached hydrogens (tertiary/aromatic N) is 3. The Bertz CT molecular complexity index is 621. The fourth-order valence-corrected chi connectivity index (χ4v) is 2.23. The Morgan fingerprint density at radius 2 is 2.00 bits per heavy atom. The van der Waals surface area contributed by atoms with Crippen LogP contribution < -0.4 is 4.74 Å². The van der Waals surface area contributed by atoms with Crippen LogP contribution in [0, 0.1) is 0 Å². The van der Waals surface area contributed by atoms with Crippen molar-refractivity contribution in [3.63, 3.8) is 0 Å². The maximum atomic E-state index is 11.7.